The van der Waals surface area contributed by atoms with Crippen LogP contribution >= 0.6 is 15.6 Å². The first-order chi connectivity index (χ1) is 43.6. The Hall–Kier alpha value is -2.46. The molecule has 0 aliphatic rings. The van der Waals surface area contributed by atoms with Crippen molar-refractivity contribution >= 4 is 39.5 Å². The van der Waals surface area contributed by atoms with Gasteiger partial charge in [-0.1, -0.05) is 290 Å². The molecule has 0 aromatic carbocycles. The van der Waals surface area contributed by atoms with Gasteiger partial charge in [-0.05, 0) is 57.3 Å². The number of phosphoric acid groups is 2. The summed E-state index contributed by atoms with van der Waals surface area (Å²) in [4.78, 5) is 72.4. The predicted molar refractivity (Wildman–Crippen MR) is 363 cm³/mol. The van der Waals surface area contributed by atoms with E-state index in [9.17, 15) is 43.2 Å². The van der Waals surface area contributed by atoms with Crippen molar-refractivity contribution in [1.82, 2.24) is 0 Å². The number of allylic oxidation sites excluding steroid dienone is 4. The number of hydrogen-bond donors (Lipinski definition) is 3. The predicted octanol–water partition coefficient (Wildman–Crippen LogP) is 20.1. The molecule has 19 heteroatoms. The van der Waals surface area contributed by atoms with Crippen LogP contribution in [0.5, 0.6) is 0 Å². The average Bonchev–Trinajstić information content (AvgIpc) is 2.10. The molecule has 0 amide bonds. The molecule has 90 heavy (non-hydrogen) atoms. The van der Waals surface area contributed by atoms with E-state index >= 15 is 0 Å². The minimum atomic E-state index is -4.96. The van der Waals surface area contributed by atoms with Gasteiger partial charge < -0.3 is 33.8 Å². The molecule has 0 bridgehead atoms. The first-order valence-electron chi connectivity index (χ1n) is 36.5. The fraction of sp³-hybridized carbons (Fsp3) is 0.887. The molecule has 0 saturated carbocycles. The lowest BCUT2D eigenvalue weighted by atomic mass is 10.00. The summed E-state index contributed by atoms with van der Waals surface area (Å²) in [5.74, 6) is -1.44. The quantitative estimate of drug-likeness (QED) is 0.0169. The van der Waals surface area contributed by atoms with Crippen molar-refractivity contribution in [3.8, 4) is 0 Å². The molecule has 0 aromatic rings. The van der Waals surface area contributed by atoms with Gasteiger partial charge in [-0.15, -0.1) is 0 Å². The maximum absolute atomic E-state index is 13.0. The van der Waals surface area contributed by atoms with Crippen molar-refractivity contribution in [3.05, 3.63) is 24.3 Å². The standard InChI is InChI=1S/C71H134O17P2/c1-6-10-13-16-19-21-23-25-27-28-29-31-33-35-37-40-46-51-56-70(75)87-66(61-82-69(74)55-50-45-39-36-34-32-30-26-24-22-20-17-14-11-7-2)62-85-89(77,78)83-58-65(72)59-84-90(79,80)86-63-67(60-81-68(73)54-49-44-38-18-15-12-8-3)88-71(76)57-52-47-42-41-43-48-53-64(5)9-4/h22,24,26,30,64-67,72H,6-21,23,25,27-29,31-63H2,1-5H3,(H,77,78)(H,79,80)/b24-22-,30-26-/t64?,65-,66-,67-/m1/s1. The summed E-state index contributed by atoms with van der Waals surface area (Å²) < 4.78 is 68.1. The van der Waals surface area contributed by atoms with Crippen LogP contribution in [0.2, 0.25) is 0 Å². The van der Waals surface area contributed by atoms with Gasteiger partial charge in [0.15, 0.2) is 12.2 Å². The summed E-state index contributed by atoms with van der Waals surface area (Å²) in [7, 11) is -9.91. The Balaban J connectivity index is 5.23. The zero-order valence-corrected chi connectivity index (χ0v) is 59.5. The van der Waals surface area contributed by atoms with Crippen LogP contribution in [0.1, 0.15) is 343 Å². The zero-order chi connectivity index (χ0) is 66.3. The van der Waals surface area contributed by atoms with E-state index in [-0.39, 0.29) is 25.7 Å². The van der Waals surface area contributed by atoms with Crippen LogP contribution in [-0.2, 0) is 65.4 Å². The fourth-order valence-corrected chi connectivity index (χ4v) is 11.8. The fourth-order valence-electron chi connectivity index (χ4n) is 10.2. The highest BCUT2D eigenvalue weighted by Crippen LogP contribution is 2.45. The largest absolute Gasteiger partial charge is 0.472 e. The topological polar surface area (TPSA) is 237 Å². The molecule has 17 nitrogen and oxygen atoms in total. The van der Waals surface area contributed by atoms with Crippen LogP contribution < -0.4 is 0 Å². The SMILES string of the molecule is CCCCCC/C=C\C=C/CCCCCCCC(=O)OC[C@H](COP(=O)(O)OC[C@@H](O)COP(=O)(O)OC[C@@H](COC(=O)CCCCCCCCC)OC(=O)CCCCCCCCC(C)CC)OC(=O)CCCCCCCCCCCCCCCCCCCC. The van der Waals surface area contributed by atoms with Crippen LogP contribution in [0.4, 0.5) is 0 Å². The van der Waals surface area contributed by atoms with Crippen LogP contribution in [0.3, 0.4) is 0 Å². The zero-order valence-electron chi connectivity index (χ0n) is 57.8. The molecular weight excluding hydrogens is 1190 g/mol. The van der Waals surface area contributed by atoms with Gasteiger partial charge in [-0.3, -0.25) is 37.3 Å². The second-order valence-electron chi connectivity index (χ2n) is 25.2. The highest BCUT2D eigenvalue weighted by atomic mass is 31.2. The molecule has 6 atom stereocenters. The highest BCUT2D eigenvalue weighted by molar-refractivity contribution is 7.47. The summed E-state index contributed by atoms with van der Waals surface area (Å²) in [5, 5.41) is 10.6. The molecule has 0 heterocycles. The van der Waals surface area contributed by atoms with Crippen molar-refractivity contribution in [2.45, 2.75) is 361 Å². The van der Waals surface area contributed by atoms with Crippen molar-refractivity contribution in [3.63, 3.8) is 0 Å². The Morgan fingerprint density at radius 1 is 0.356 bits per heavy atom. The Morgan fingerprint density at radius 3 is 0.944 bits per heavy atom. The molecule has 0 aliphatic carbocycles. The minimum Gasteiger partial charge on any atom is -0.462 e. The average molecular weight is 1320 g/mol. The Bertz CT molecular complexity index is 1830. The van der Waals surface area contributed by atoms with Gasteiger partial charge in [-0.2, -0.15) is 0 Å². The lowest BCUT2D eigenvalue weighted by Crippen LogP contribution is -2.30. The first-order valence-corrected chi connectivity index (χ1v) is 39.5. The van der Waals surface area contributed by atoms with E-state index in [1.54, 1.807) is 0 Å². The van der Waals surface area contributed by atoms with E-state index in [1.807, 2.05) is 0 Å². The monoisotopic (exact) mass is 1320 g/mol. The summed E-state index contributed by atoms with van der Waals surface area (Å²) in [5.41, 5.74) is 0. The molecule has 0 aromatic heterocycles. The second kappa shape index (κ2) is 63.9. The molecule has 3 unspecified atom stereocenters. The van der Waals surface area contributed by atoms with Crippen molar-refractivity contribution < 1.29 is 80.2 Å². The van der Waals surface area contributed by atoms with E-state index in [2.05, 4.69) is 58.9 Å². The number of esters is 4. The smallest absolute Gasteiger partial charge is 0.462 e. The third kappa shape index (κ3) is 63.0. The number of unbranched alkanes of at least 4 members (excludes halogenated alkanes) is 37. The van der Waals surface area contributed by atoms with Gasteiger partial charge in [-0.25, -0.2) is 9.13 Å². The van der Waals surface area contributed by atoms with Crippen LogP contribution in [0, 0.1) is 5.92 Å². The van der Waals surface area contributed by atoms with Gasteiger partial charge >= 0.3 is 39.5 Å². The van der Waals surface area contributed by atoms with E-state index < -0.39 is 97.5 Å². The Labute approximate surface area is 548 Å². The number of aliphatic hydroxyl groups excluding tert-OH is 1. The normalized spacial score (nSPS) is 14.5. The number of phosphoric ester groups is 2. The van der Waals surface area contributed by atoms with Crippen LogP contribution in [0.25, 0.3) is 0 Å². The second-order valence-corrected chi connectivity index (χ2v) is 28.1. The molecular formula is C71H134O17P2. The summed E-state index contributed by atoms with van der Waals surface area (Å²) in [6, 6.07) is 0. The van der Waals surface area contributed by atoms with Crippen LogP contribution in [0.15, 0.2) is 24.3 Å². The maximum Gasteiger partial charge on any atom is 0.472 e. The highest BCUT2D eigenvalue weighted by Gasteiger charge is 2.30. The van der Waals surface area contributed by atoms with E-state index in [0.717, 1.165) is 128 Å². The third-order valence-electron chi connectivity index (χ3n) is 16.3. The Kier molecular flexibility index (Phi) is 62.2. The number of ether oxygens (including phenoxy) is 4. The summed E-state index contributed by atoms with van der Waals surface area (Å²) in [6.07, 6.45) is 53.8. The van der Waals surface area contributed by atoms with E-state index in [4.69, 9.17) is 37.0 Å². The van der Waals surface area contributed by atoms with Gasteiger partial charge in [0.2, 0.25) is 0 Å². The number of carbonyl (C=O) groups excluding carboxylic acids is 4. The number of rotatable bonds is 69. The summed E-state index contributed by atoms with van der Waals surface area (Å²) >= 11 is 0. The van der Waals surface area contributed by atoms with Crippen molar-refractivity contribution in [2.24, 2.45) is 5.92 Å². The first kappa shape index (κ1) is 87.5. The van der Waals surface area contributed by atoms with Crippen LogP contribution in [-0.4, -0.2) is 96.7 Å². The van der Waals surface area contributed by atoms with Gasteiger partial charge in [0, 0.05) is 25.7 Å². The van der Waals surface area contributed by atoms with E-state index in [0.29, 0.717) is 25.7 Å². The van der Waals surface area contributed by atoms with Gasteiger partial charge in [0.25, 0.3) is 0 Å². The molecule has 0 saturated heterocycles. The lowest BCUT2D eigenvalue weighted by molar-refractivity contribution is -0.161. The number of hydrogen-bond acceptors (Lipinski definition) is 15. The van der Waals surface area contributed by atoms with E-state index in [1.165, 1.54) is 135 Å². The molecule has 0 spiro atoms. The maximum atomic E-state index is 13.0. The number of aliphatic hydroxyl groups is 1. The van der Waals surface area contributed by atoms with Gasteiger partial charge in [0.1, 0.15) is 19.3 Å². The molecule has 0 rings (SSSR count). The van der Waals surface area contributed by atoms with Crippen molar-refractivity contribution in [1.29, 1.82) is 0 Å². The third-order valence-corrected chi connectivity index (χ3v) is 18.2. The number of carbonyl (C=O) groups is 4. The minimum absolute atomic E-state index is 0.100. The molecule has 0 aliphatic heterocycles. The molecule has 0 radical (unpaired) electrons. The molecule has 0 fully saturated rings. The van der Waals surface area contributed by atoms with Crippen molar-refractivity contribution in [2.75, 3.05) is 39.6 Å². The lowest BCUT2D eigenvalue weighted by Gasteiger charge is -2.21. The van der Waals surface area contributed by atoms with Gasteiger partial charge in [0.05, 0.1) is 26.4 Å². The molecule has 530 valence electrons. The molecule has 3 N–H and O–H groups in total. The Morgan fingerprint density at radius 2 is 0.622 bits per heavy atom. The summed E-state index contributed by atoms with van der Waals surface area (Å²) in [6.45, 7) is 7.09.